The van der Waals surface area contributed by atoms with E-state index in [1.165, 1.54) is 12.4 Å². The number of nitrogens with one attached hydrogen (secondary N) is 1. The second kappa shape index (κ2) is 4.93. The van der Waals surface area contributed by atoms with Crippen LogP contribution in [-0.2, 0) is 0 Å². The van der Waals surface area contributed by atoms with Gasteiger partial charge in [0.25, 0.3) is 0 Å². The van der Waals surface area contributed by atoms with Gasteiger partial charge in [-0.1, -0.05) is 11.6 Å². The molecule has 0 radical (unpaired) electrons. The van der Waals surface area contributed by atoms with Crippen molar-refractivity contribution in [2.75, 3.05) is 5.32 Å². The van der Waals surface area contributed by atoms with Gasteiger partial charge in [0.1, 0.15) is 5.82 Å². The number of nitrogens with zero attached hydrogens (tertiary/aromatic N) is 2. The van der Waals surface area contributed by atoms with E-state index in [0.29, 0.717) is 4.47 Å². The molecule has 0 atom stereocenters. The molecule has 0 bridgehead atoms. The molecule has 2 aromatic rings. The van der Waals surface area contributed by atoms with Crippen molar-refractivity contribution in [1.82, 2.24) is 9.97 Å². The highest BCUT2D eigenvalue weighted by molar-refractivity contribution is 9.10. The first-order valence-electron chi connectivity index (χ1n) is 4.45. The zero-order valence-electron chi connectivity index (χ0n) is 8.22. The average Bonchev–Trinajstić information content (AvgIpc) is 2.26. The maximum absolute atomic E-state index is 13.4. The average molecular weight is 321 g/mol. The molecule has 0 amide bonds. The number of rotatable bonds is 2. The van der Waals surface area contributed by atoms with Gasteiger partial charge in [0.05, 0.1) is 15.2 Å². The van der Waals surface area contributed by atoms with Crippen molar-refractivity contribution in [3.05, 3.63) is 45.7 Å². The van der Waals surface area contributed by atoms with Crippen LogP contribution >= 0.6 is 27.5 Å². The molecule has 17 heavy (non-hydrogen) atoms. The van der Waals surface area contributed by atoms with E-state index in [1.807, 2.05) is 0 Å². The van der Waals surface area contributed by atoms with Crippen molar-refractivity contribution < 1.29 is 8.78 Å². The van der Waals surface area contributed by atoms with Crippen LogP contribution in [0.25, 0.3) is 0 Å². The third-order valence-electron chi connectivity index (χ3n) is 1.86. The highest BCUT2D eigenvalue weighted by Crippen LogP contribution is 2.28. The van der Waals surface area contributed by atoms with Crippen LogP contribution in [0.2, 0.25) is 5.02 Å². The summed E-state index contributed by atoms with van der Waals surface area (Å²) < 4.78 is 26.9. The van der Waals surface area contributed by atoms with Gasteiger partial charge < -0.3 is 5.32 Å². The van der Waals surface area contributed by atoms with Crippen LogP contribution in [0.1, 0.15) is 0 Å². The van der Waals surface area contributed by atoms with Crippen LogP contribution in [0, 0.1) is 11.6 Å². The van der Waals surface area contributed by atoms with Crippen LogP contribution in [0.3, 0.4) is 0 Å². The summed E-state index contributed by atoms with van der Waals surface area (Å²) in [4.78, 5) is 7.78. The van der Waals surface area contributed by atoms with Gasteiger partial charge in [-0.3, -0.25) is 0 Å². The number of halogens is 4. The normalized spacial score (nSPS) is 10.4. The number of anilines is 2. The van der Waals surface area contributed by atoms with Gasteiger partial charge >= 0.3 is 0 Å². The summed E-state index contributed by atoms with van der Waals surface area (Å²) in [5.74, 6) is -1.38. The summed E-state index contributed by atoms with van der Waals surface area (Å²) in [6, 6.07) is 1.74. The highest BCUT2D eigenvalue weighted by atomic mass is 79.9. The Morgan fingerprint density at radius 2 is 1.82 bits per heavy atom. The summed E-state index contributed by atoms with van der Waals surface area (Å²) in [5, 5.41) is 2.50. The molecule has 0 aliphatic heterocycles. The molecule has 0 unspecified atom stereocenters. The van der Waals surface area contributed by atoms with Crippen molar-refractivity contribution in [2.45, 2.75) is 0 Å². The van der Waals surface area contributed by atoms with Gasteiger partial charge in [0.2, 0.25) is 5.95 Å². The molecule has 2 rings (SSSR count). The minimum Gasteiger partial charge on any atom is -0.320 e. The Morgan fingerprint density at radius 3 is 2.41 bits per heavy atom. The molecule has 1 aromatic heterocycles. The lowest BCUT2D eigenvalue weighted by Crippen LogP contribution is -2.00. The summed E-state index contributed by atoms with van der Waals surface area (Å²) in [6.07, 6.45) is 2.98. The Morgan fingerprint density at radius 1 is 1.18 bits per heavy atom. The first kappa shape index (κ1) is 12.2. The molecule has 1 N–H and O–H groups in total. The Kier molecular flexibility index (Phi) is 3.54. The van der Waals surface area contributed by atoms with Gasteiger partial charge in [-0.05, 0) is 22.0 Å². The van der Waals surface area contributed by atoms with E-state index in [-0.39, 0.29) is 16.7 Å². The SMILES string of the molecule is Fc1cc(F)c(Nc2ncc(Br)cn2)c(Cl)c1. The lowest BCUT2D eigenvalue weighted by atomic mass is 10.3. The van der Waals surface area contributed by atoms with Crippen LogP contribution in [0.5, 0.6) is 0 Å². The zero-order valence-corrected chi connectivity index (χ0v) is 10.6. The first-order chi connectivity index (χ1) is 8.06. The molecule has 0 aliphatic rings. The smallest absolute Gasteiger partial charge is 0.227 e. The molecule has 0 fully saturated rings. The number of benzene rings is 1. The lowest BCUT2D eigenvalue weighted by molar-refractivity contribution is 0.586. The van der Waals surface area contributed by atoms with Crippen LogP contribution in [0.15, 0.2) is 29.0 Å². The number of hydrogen-bond acceptors (Lipinski definition) is 3. The third-order valence-corrected chi connectivity index (χ3v) is 2.57. The minimum atomic E-state index is -0.804. The molecular formula is C10H5BrClF2N3. The molecule has 88 valence electrons. The summed E-state index contributed by atoms with van der Waals surface area (Å²) in [6.45, 7) is 0. The minimum absolute atomic E-state index is 0.0598. The van der Waals surface area contributed by atoms with E-state index >= 15 is 0 Å². The highest BCUT2D eigenvalue weighted by Gasteiger charge is 2.11. The van der Waals surface area contributed by atoms with Gasteiger partial charge in [0, 0.05) is 18.5 Å². The predicted octanol–water partition coefficient (Wildman–Crippen LogP) is 3.91. The molecule has 0 aliphatic carbocycles. The van der Waals surface area contributed by atoms with Crippen LogP contribution < -0.4 is 5.32 Å². The predicted molar refractivity (Wildman–Crippen MR) is 64.4 cm³/mol. The van der Waals surface area contributed by atoms with Crippen molar-refractivity contribution in [3.63, 3.8) is 0 Å². The fraction of sp³-hybridized carbons (Fsp3) is 0. The van der Waals surface area contributed by atoms with Gasteiger partial charge in [-0.25, -0.2) is 18.7 Å². The van der Waals surface area contributed by atoms with Gasteiger partial charge in [0.15, 0.2) is 5.82 Å². The second-order valence-corrected chi connectivity index (χ2v) is 4.42. The maximum atomic E-state index is 13.4. The first-order valence-corrected chi connectivity index (χ1v) is 5.62. The summed E-state index contributed by atoms with van der Waals surface area (Å²) in [7, 11) is 0. The Labute approximate surface area is 109 Å². The van der Waals surface area contributed by atoms with E-state index in [9.17, 15) is 8.78 Å². The van der Waals surface area contributed by atoms with E-state index in [4.69, 9.17) is 11.6 Å². The molecule has 1 aromatic carbocycles. The van der Waals surface area contributed by atoms with Crippen molar-refractivity contribution >= 4 is 39.2 Å². The Bertz CT molecular complexity index is 525. The Balaban J connectivity index is 2.33. The molecular weight excluding hydrogens is 315 g/mol. The van der Waals surface area contributed by atoms with E-state index in [2.05, 4.69) is 31.2 Å². The standard InChI is InChI=1S/C10H5BrClF2N3/c11-5-3-15-10(16-4-5)17-9-7(12)1-6(13)2-8(9)14/h1-4H,(H,15,16,17). The second-order valence-electron chi connectivity index (χ2n) is 3.09. The van der Waals surface area contributed by atoms with E-state index in [0.717, 1.165) is 12.1 Å². The van der Waals surface area contributed by atoms with Crippen LogP contribution in [-0.4, -0.2) is 9.97 Å². The fourth-order valence-corrected chi connectivity index (χ4v) is 1.60. The van der Waals surface area contributed by atoms with Crippen molar-refractivity contribution in [2.24, 2.45) is 0 Å². The van der Waals surface area contributed by atoms with Crippen LogP contribution in [0.4, 0.5) is 20.4 Å². The third kappa shape index (κ3) is 2.89. The van der Waals surface area contributed by atoms with E-state index < -0.39 is 11.6 Å². The van der Waals surface area contributed by atoms with Gasteiger partial charge in [-0.15, -0.1) is 0 Å². The molecule has 7 heteroatoms. The molecule has 0 spiro atoms. The summed E-state index contributed by atoms with van der Waals surface area (Å²) in [5.41, 5.74) is -0.0598. The molecule has 0 saturated heterocycles. The monoisotopic (exact) mass is 319 g/mol. The van der Waals surface area contributed by atoms with Gasteiger partial charge in [-0.2, -0.15) is 0 Å². The fourth-order valence-electron chi connectivity index (χ4n) is 1.15. The van der Waals surface area contributed by atoms with E-state index in [1.54, 1.807) is 0 Å². The topological polar surface area (TPSA) is 37.8 Å². The number of hydrogen-bond donors (Lipinski definition) is 1. The Hall–Kier alpha value is -1.27. The van der Waals surface area contributed by atoms with Crippen molar-refractivity contribution in [1.29, 1.82) is 0 Å². The number of aromatic nitrogens is 2. The quantitative estimate of drug-likeness (QED) is 0.911. The van der Waals surface area contributed by atoms with Crippen molar-refractivity contribution in [3.8, 4) is 0 Å². The molecule has 3 nitrogen and oxygen atoms in total. The molecule has 0 saturated carbocycles. The maximum Gasteiger partial charge on any atom is 0.227 e. The lowest BCUT2D eigenvalue weighted by Gasteiger charge is -2.07. The largest absolute Gasteiger partial charge is 0.320 e. The zero-order chi connectivity index (χ0) is 12.4. The summed E-state index contributed by atoms with van der Waals surface area (Å²) >= 11 is 8.88. The molecule has 1 heterocycles.